The molecule has 2 N–H and O–H groups in total. The monoisotopic (exact) mass is 466 g/mol. The van der Waals surface area contributed by atoms with E-state index in [0.717, 1.165) is 19.3 Å². The van der Waals surface area contributed by atoms with Crippen molar-refractivity contribution in [2.45, 2.75) is 81.2 Å². The molecule has 180 valence electrons. The number of hydrogen-bond acceptors (Lipinski definition) is 4. The molecule has 0 unspecified atom stereocenters. The molecular weight excluding hydrogens is 437 g/mol. The number of likely N-dealkylation sites (tertiary alicyclic amines) is 1. The normalized spacial score (nSPS) is 32.3. The lowest BCUT2D eigenvalue weighted by molar-refractivity contribution is -0.206. The van der Waals surface area contributed by atoms with E-state index in [2.05, 4.69) is 0 Å². The highest BCUT2D eigenvalue weighted by Gasteiger charge is 2.57. The van der Waals surface area contributed by atoms with Crippen LogP contribution in [0.25, 0.3) is 0 Å². The van der Waals surface area contributed by atoms with Gasteiger partial charge in [0, 0.05) is 30.7 Å². The fourth-order valence-corrected chi connectivity index (χ4v) is 6.00. The van der Waals surface area contributed by atoms with Gasteiger partial charge in [-0.2, -0.15) is 13.2 Å². The summed E-state index contributed by atoms with van der Waals surface area (Å²) >= 11 is 0. The summed E-state index contributed by atoms with van der Waals surface area (Å²) in [6, 6.07) is 5.28. The zero-order valence-corrected chi connectivity index (χ0v) is 18.4. The van der Waals surface area contributed by atoms with Crippen molar-refractivity contribution in [3.8, 4) is 0 Å². The predicted octanol–water partition coefficient (Wildman–Crippen LogP) is 3.47. The van der Waals surface area contributed by atoms with Gasteiger partial charge in [-0.05, 0) is 69.1 Å². The van der Waals surface area contributed by atoms with Crippen molar-refractivity contribution >= 4 is 17.5 Å². The van der Waals surface area contributed by atoms with Crippen molar-refractivity contribution in [2.24, 2.45) is 5.41 Å². The van der Waals surface area contributed by atoms with Crippen molar-refractivity contribution in [3.63, 3.8) is 0 Å². The van der Waals surface area contributed by atoms with Crippen molar-refractivity contribution < 1.29 is 33.0 Å². The van der Waals surface area contributed by atoms with Crippen molar-refractivity contribution in [3.05, 3.63) is 29.8 Å². The molecule has 0 radical (unpaired) electrons. The summed E-state index contributed by atoms with van der Waals surface area (Å²) < 4.78 is 38.2. The molecule has 1 aromatic rings. The Morgan fingerprint density at radius 3 is 2.15 bits per heavy atom. The van der Waals surface area contributed by atoms with Gasteiger partial charge in [-0.1, -0.05) is 12.1 Å². The van der Waals surface area contributed by atoms with Crippen LogP contribution in [-0.4, -0.2) is 57.3 Å². The van der Waals surface area contributed by atoms with Crippen LogP contribution in [-0.2, 0) is 9.59 Å². The molecule has 2 aliphatic carbocycles. The third-order valence-electron chi connectivity index (χ3n) is 8.44. The standard InChI is InChI=1S/C24H29F3N2O4/c25-24(26,27)19(31)16-1-3-17(4-2-16)28-14-13-21(20(28)32)7-11-23(33,12-8-21)15-29-18(30)5-6-22(29)9-10-22/h1-4,19,31,33H,5-15H2/t19-,21-,23+/m1/s1. The van der Waals surface area contributed by atoms with Crippen LogP contribution in [0.5, 0.6) is 0 Å². The summed E-state index contributed by atoms with van der Waals surface area (Å²) in [5.41, 5.74) is -1.35. The number of carbonyl (C=O) groups excluding carboxylic acids is 2. The highest BCUT2D eigenvalue weighted by molar-refractivity contribution is 6.00. The van der Waals surface area contributed by atoms with Gasteiger partial charge in [0.15, 0.2) is 6.10 Å². The van der Waals surface area contributed by atoms with Crippen molar-refractivity contribution in [1.82, 2.24) is 4.90 Å². The number of nitrogens with zero attached hydrogens (tertiary/aromatic N) is 2. The lowest BCUT2D eigenvalue weighted by Gasteiger charge is -2.43. The van der Waals surface area contributed by atoms with E-state index in [4.69, 9.17) is 0 Å². The van der Waals surface area contributed by atoms with Crippen LogP contribution in [0.15, 0.2) is 24.3 Å². The minimum atomic E-state index is -4.74. The highest BCUT2D eigenvalue weighted by Crippen LogP contribution is 2.53. The molecule has 5 rings (SSSR count). The van der Waals surface area contributed by atoms with E-state index < -0.39 is 23.3 Å². The maximum atomic E-state index is 13.3. The minimum absolute atomic E-state index is 0.0339. The van der Waals surface area contributed by atoms with E-state index in [1.807, 2.05) is 4.90 Å². The molecule has 1 aromatic carbocycles. The molecule has 0 aromatic heterocycles. The van der Waals surface area contributed by atoms with E-state index in [1.54, 1.807) is 4.90 Å². The average Bonchev–Trinajstić information content (AvgIpc) is 3.43. The molecule has 4 aliphatic rings. The Labute approximate surface area is 190 Å². The van der Waals surface area contributed by atoms with Gasteiger partial charge in [-0.25, -0.2) is 0 Å². The van der Waals surface area contributed by atoms with Crippen LogP contribution in [0.1, 0.15) is 69.5 Å². The zero-order valence-electron chi connectivity index (χ0n) is 18.4. The topological polar surface area (TPSA) is 81.1 Å². The number of anilines is 1. The summed E-state index contributed by atoms with van der Waals surface area (Å²) in [6.07, 6.45) is -1.29. The van der Waals surface area contributed by atoms with Crippen LogP contribution < -0.4 is 4.90 Å². The Hall–Kier alpha value is -2.13. The van der Waals surface area contributed by atoms with Gasteiger partial charge in [-0.3, -0.25) is 9.59 Å². The first kappa shape index (κ1) is 22.7. The summed E-state index contributed by atoms with van der Waals surface area (Å²) in [5.74, 6) is 0.0491. The van der Waals surface area contributed by atoms with Crippen molar-refractivity contribution in [1.29, 1.82) is 0 Å². The Kier molecular flexibility index (Phi) is 5.10. The number of alkyl halides is 3. The molecule has 33 heavy (non-hydrogen) atoms. The van der Waals surface area contributed by atoms with Crippen LogP contribution in [0.3, 0.4) is 0 Å². The number of amides is 2. The Morgan fingerprint density at radius 2 is 1.58 bits per heavy atom. The smallest absolute Gasteiger partial charge is 0.388 e. The summed E-state index contributed by atoms with van der Waals surface area (Å²) in [7, 11) is 0. The third-order valence-corrected chi connectivity index (χ3v) is 8.44. The minimum Gasteiger partial charge on any atom is -0.388 e. The molecular formula is C24H29F3N2O4. The molecule has 2 amide bonds. The maximum Gasteiger partial charge on any atom is 0.418 e. The molecule has 9 heteroatoms. The third kappa shape index (κ3) is 3.83. The first-order valence-corrected chi connectivity index (χ1v) is 11.7. The van der Waals surface area contributed by atoms with E-state index in [0.29, 0.717) is 57.3 Å². The number of hydrogen-bond donors (Lipinski definition) is 2. The fourth-order valence-electron chi connectivity index (χ4n) is 6.00. The summed E-state index contributed by atoms with van der Waals surface area (Å²) in [4.78, 5) is 29.2. The second-order valence-corrected chi connectivity index (χ2v) is 10.5. The molecule has 0 bridgehead atoms. The van der Waals surface area contributed by atoms with E-state index in [9.17, 15) is 33.0 Å². The number of rotatable bonds is 4. The number of aliphatic hydroxyl groups excluding tert-OH is 1. The molecule has 2 aliphatic heterocycles. The SMILES string of the molecule is O=C1CCC2(CC2)N1C[C@]1(O)CC[C@]2(CCN(c3ccc([C@@H](O)C(F)(F)F)cc3)C2=O)CC1. The van der Waals surface area contributed by atoms with E-state index >= 15 is 0 Å². The van der Waals surface area contributed by atoms with Crippen LogP contribution in [0.4, 0.5) is 18.9 Å². The first-order valence-electron chi connectivity index (χ1n) is 11.7. The molecule has 2 saturated heterocycles. The van der Waals surface area contributed by atoms with Gasteiger partial charge >= 0.3 is 6.18 Å². The number of benzene rings is 1. The first-order chi connectivity index (χ1) is 15.5. The van der Waals surface area contributed by atoms with Crippen LogP contribution in [0.2, 0.25) is 0 Å². The van der Waals surface area contributed by atoms with E-state index in [-0.39, 0.29) is 22.9 Å². The molecule has 2 heterocycles. The number of carbonyl (C=O) groups is 2. The van der Waals surface area contributed by atoms with Crippen LogP contribution in [0, 0.1) is 5.41 Å². The van der Waals surface area contributed by atoms with E-state index in [1.165, 1.54) is 24.3 Å². The summed E-state index contributed by atoms with van der Waals surface area (Å²) in [5, 5.41) is 20.7. The molecule has 6 nitrogen and oxygen atoms in total. The lowest BCUT2D eigenvalue weighted by atomic mass is 9.67. The Morgan fingerprint density at radius 1 is 0.939 bits per heavy atom. The maximum absolute atomic E-state index is 13.3. The van der Waals surface area contributed by atoms with Crippen LogP contribution >= 0.6 is 0 Å². The second-order valence-electron chi connectivity index (χ2n) is 10.5. The number of aliphatic hydroxyl groups is 2. The largest absolute Gasteiger partial charge is 0.418 e. The van der Waals surface area contributed by atoms with Crippen molar-refractivity contribution in [2.75, 3.05) is 18.0 Å². The van der Waals surface area contributed by atoms with Gasteiger partial charge < -0.3 is 20.0 Å². The molecule has 4 fully saturated rings. The second kappa shape index (κ2) is 7.43. The molecule has 1 atom stereocenters. The Balaban J connectivity index is 1.24. The average molecular weight is 467 g/mol. The number of halogens is 3. The Bertz CT molecular complexity index is 949. The van der Waals surface area contributed by atoms with Gasteiger partial charge in [-0.15, -0.1) is 0 Å². The number of β-amino-alcohol motifs (C(OH)–C–C–N with tert-alkyl or cyclic N) is 1. The van der Waals surface area contributed by atoms with Gasteiger partial charge in [0.2, 0.25) is 11.8 Å². The lowest BCUT2D eigenvalue weighted by Crippen LogP contribution is -2.51. The molecule has 2 spiro atoms. The summed E-state index contributed by atoms with van der Waals surface area (Å²) in [6.45, 7) is 0.801. The zero-order chi connectivity index (χ0) is 23.6. The highest BCUT2D eigenvalue weighted by atomic mass is 19.4. The van der Waals surface area contributed by atoms with Gasteiger partial charge in [0.25, 0.3) is 0 Å². The fraction of sp³-hybridized carbons (Fsp3) is 0.667. The van der Waals surface area contributed by atoms with Gasteiger partial charge in [0.1, 0.15) is 0 Å². The molecule has 2 saturated carbocycles. The quantitative estimate of drug-likeness (QED) is 0.712. The predicted molar refractivity (Wildman–Crippen MR) is 113 cm³/mol. The van der Waals surface area contributed by atoms with Gasteiger partial charge in [0.05, 0.1) is 11.0 Å².